The Morgan fingerprint density at radius 1 is 1.19 bits per heavy atom. The van der Waals surface area contributed by atoms with Crippen LogP contribution in [0.5, 0.6) is 5.88 Å². The van der Waals surface area contributed by atoms with Crippen molar-refractivity contribution in [3.63, 3.8) is 0 Å². The number of aromatic nitrogens is 1. The van der Waals surface area contributed by atoms with E-state index in [2.05, 4.69) is 27.8 Å². The number of pyridine rings is 1. The molecule has 2 aromatic rings. The molecular weight excluding hydrogens is 366 g/mol. The Morgan fingerprint density at radius 3 is 2.62 bits per heavy atom. The second-order valence-corrected chi connectivity index (χ2v) is 7.56. The van der Waals surface area contributed by atoms with Gasteiger partial charge in [0.25, 0.3) is 0 Å². The Hall–Kier alpha value is -1.85. The van der Waals surface area contributed by atoms with E-state index in [0.29, 0.717) is 11.0 Å². The molecule has 0 spiro atoms. The molecule has 1 aromatic heterocycles. The third-order valence-corrected chi connectivity index (χ3v) is 5.57. The van der Waals surface area contributed by atoms with Gasteiger partial charge < -0.3 is 15.4 Å². The van der Waals surface area contributed by atoms with E-state index in [1.54, 1.807) is 13.3 Å². The van der Waals surface area contributed by atoms with E-state index >= 15 is 0 Å². The zero-order valence-electron chi connectivity index (χ0n) is 14.9. The molecular formula is C20H24ClN3OS. The smallest absolute Gasteiger partial charge is 0.237 e. The van der Waals surface area contributed by atoms with Crippen LogP contribution in [0.25, 0.3) is 0 Å². The summed E-state index contributed by atoms with van der Waals surface area (Å²) in [4.78, 5) is 4.19. The summed E-state index contributed by atoms with van der Waals surface area (Å²) >= 11 is 11.6. The standard InChI is InChI=1S/C20H24ClN3OS/c1-25-18-17(6-5-13-22-18)24-19(26)23-14-20(11-3-2-4-12-20)15-7-9-16(21)10-8-15/h5-10,13H,2-4,11-12,14H2,1H3,(H2,23,24,26). The van der Waals surface area contributed by atoms with E-state index < -0.39 is 0 Å². The third-order valence-electron chi connectivity index (χ3n) is 5.07. The van der Waals surface area contributed by atoms with Crippen LogP contribution in [-0.4, -0.2) is 23.8 Å². The average molecular weight is 390 g/mol. The lowest BCUT2D eigenvalue weighted by Crippen LogP contribution is -2.43. The first-order valence-corrected chi connectivity index (χ1v) is 9.71. The predicted molar refractivity (Wildman–Crippen MR) is 111 cm³/mol. The van der Waals surface area contributed by atoms with Gasteiger partial charge in [0.15, 0.2) is 5.11 Å². The van der Waals surface area contributed by atoms with E-state index in [1.807, 2.05) is 24.3 Å². The number of halogens is 1. The minimum atomic E-state index is 0.0909. The first-order chi connectivity index (χ1) is 12.6. The van der Waals surface area contributed by atoms with Gasteiger partial charge in [0.05, 0.1) is 7.11 Å². The zero-order valence-corrected chi connectivity index (χ0v) is 16.5. The Labute approximate surface area is 165 Å². The van der Waals surface area contributed by atoms with Crippen LogP contribution in [0.1, 0.15) is 37.7 Å². The molecule has 2 N–H and O–H groups in total. The van der Waals surface area contributed by atoms with Gasteiger partial charge in [-0.1, -0.05) is 43.0 Å². The molecule has 1 heterocycles. The van der Waals surface area contributed by atoms with Gasteiger partial charge >= 0.3 is 0 Å². The minimum absolute atomic E-state index is 0.0909. The van der Waals surface area contributed by atoms with Crippen molar-refractivity contribution in [2.24, 2.45) is 0 Å². The Morgan fingerprint density at radius 2 is 1.92 bits per heavy atom. The molecule has 138 valence electrons. The van der Waals surface area contributed by atoms with Crippen molar-refractivity contribution < 1.29 is 4.74 Å². The average Bonchev–Trinajstić information content (AvgIpc) is 2.68. The second-order valence-electron chi connectivity index (χ2n) is 6.72. The van der Waals surface area contributed by atoms with Crippen molar-refractivity contribution in [2.45, 2.75) is 37.5 Å². The summed E-state index contributed by atoms with van der Waals surface area (Å²) < 4.78 is 5.27. The Bertz CT molecular complexity index is 745. The van der Waals surface area contributed by atoms with Gasteiger partial charge in [-0.05, 0) is 54.9 Å². The van der Waals surface area contributed by atoms with Crippen molar-refractivity contribution in [2.75, 3.05) is 19.0 Å². The van der Waals surface area contributed by atoms with Crippen molar-refractivity contribution in [1.82, 2.24) is 10.3 Å². The lowest BCUT2D eigenvalue weighted by atomic mass is 9.69. The molecule has 0 amide bonds. The number of rotatable bonds is 5. The number of methoxy groups -OCH3 is 1. The summed E-state index contributed by atoms with van der Waals surface area (Å²) in [5.74, 6) is 0.529. The fourth-order valence-corrected chi connectivity index (χ4v) is 3.97. The highest BCUT2D eigenvalue weighted by Crippen LogP contribution is 2.39. The second kappa shape index (κ2) is 8.69. The number of ether oxygens (including phenoxy) is 1. The fourth-order valence-electron chi connectivity index (χ4n) is 3.66. The van der Waals surface area contributed by atoms with Crippen LogP contribution in [0.15, 0.2) is 42.6 Å². The van der Waals surface area contributed by atoms with Crippen LogP contribution >= 0.6 is 23.8 Å². The summed E-state index contributed by atoms with van der Waals surface area (Å²) in [5, 5.41) is 7.95. The number of hydrogen-bond acceptors (Lipinski definition) is 3. The molecule has 4 nitrogen and oxygen atoms in total. The highest BCUT2D eigenvalue weighted by Gasteiger charge is 2.33. The van der Waals surface area contributed by atoms with Crippen molar-refractivity contribution >= 4 is 34.6 Å². The van der Waals surface area contributed by atoms with E-state index in [4.69, 9.17) is 28.6 Å². The van der Waals surface area contributed by atoms with Crippen molar-refractivity contribution in [3.05, 3.63) is 53.2 Å². The molecule has 1 aromatic carbocycles. The van der Waals surface area contributed by atoms with E-state index in [-0.39, 0.29) is 5.41 Å². The highest BCUT2D eigenvalue weighted by atomic mass is 35.5. The monoisotopic (exact) mass is 389 g/mol. The Kier molecular flexibility index (Phi) is 6.33. The normalized spacial score (nSPS) is 15.9. The van der Waals surface area contributed by atoms with Gasteiger partial charge in [0.1, 0.15) is 5.69 Å². The molecule has 0 radical (unpaired) electrons. The van der Waals surface area contributed by atoms with Crippen LogP contribution in [0.2, 0.25) is 5.02 Å². The number of nitrogens with one attached hydrogen (secondary N) is 2. The summed E-state index contributed by atoms with van der Waals surface area (Å²) in [5.41, 5.74) is 2.18. The van der Waals surface area contributed by atoms with Crippen LogP contribution < -0.4 is 15.4 Å². The largest absolute Gasteiger partial charge is 0.480 e. The number of anilines is 1. The van der Waals surface area contributed by atoms with Gasteiger partial charge in [0.2, 0.25) is 5.88 Å². The predicted octanol–water partition coefficient (Wildman–Crippen LogP) is 4.93. The Balaban J connectivity index is 1.70. The summed E-state index contributed by atoms with van der Waals surface area (Å²) in [6, 6.07) is 12.0. The lowest BCUT2D eigenvalue weighted by Gasteiger charge is -2.38. The summed E-state index contributed by atoms with van der Waals surface area (Å²) in [6.07, 6.45) is 7.77. The van der Waals surface area contributed by atoms with Gasteiger partial charge in [-0.3, -0.25) is 0 Å². The molecule has 0 atom stereocenters. The van der Waals surface area contributed by atoms with Crippen LogP contribution in [0, 0.1) is 0 Å². The molecule has 0 saturated heterocycles. The van der Waals surface area contributed by atoms with Crippen molar-refractivity contribution in [1.29, 1.82) is 0 Å². The van der Waals surface area contributed by atoms with Gasteiger partial charge in [-0.15, -0.1) is 0 Å². The van der Waals surface area contributed by atoms with Crippen LogP contribution in [0.3, 0.4) is 0 Å². The molecule has 3 rings (SSSR count). The third kappa shape index (κ3) is 4.46. The molecule has 1 aliphatic rings. The topological polar surface area (TPSA) is 46.2 Å². The number of hydrogen-bond donors (Lipinski definition) is 2. The molecule has 0 unspecified atom stereocenters. The first kappa shape index (κ1) is 18.9. The van der Waals surface area contributed by atoms with Crippen molar-refractivity contribution in [3.8, 4) is 5.88 Å². The molecule has 26 heavy (non-hydrogen) atoms. The summed E-state index contributed by atoms with van der Waals surface area (Å²) in [6.45, 7) is 0.795. The highest BCUT2D eigenvalue weighted by molar-refractivity contribution is 7.80. The quantitative estimate of drug-likeness (QED) is 0.710. The molecule has 1 saturated carbocycles. The van der Waals surface area contributed by atoms with E-state index in [1.165, 1.54) is 24.8 Å². The molecule has 1 fully saturated rings. The number of benzene rings is 1. The maximum atomic E-state index is 6.08. The maximum Gasteiger partial charge on any atom is 0.237 e. The zero-order chi connectivity index (χ0) is 18.4. The SMILES string of the molecule is COc1ncccc1NC(=S)NCC1(c2ccc(Cl)cc2)CCCCC1. The molecule has 6 heteroatoms. The van der Waals surface area contributed by atoms with Crippen LogP contribution in [-0.2, 0) is 5.41 Å². The molecule has 0 aliphatic heterocycles. The van der Waals surface area contributed by atoms with Crippen LogP contribution in [0.4, 0.5) is 5.69 Å². The van der Waals surface area contributed by atoms with E-state index in [0.717, 1.165) is 30.1 Å². The van der Waals surface area contributed by atoms with E-state index in [9.17, 15) is 0 Å². The summed E-state index contributed by atoms with van der Waals surface area (Å²) in [7, 11) is 1.60. The first-order valence-electron chi connectivity index (χ1n) is 8.93. The van der Waals surface area contributed by atoms with Gasteiger partial charge in [-0.2, -0.15) is 0 Å². The molecule has 1 aliphatic carbocycles. The minimum Gasteiger partial charge on any atom is -0.480 e. The lowest BCUT2D eigenvalue weighted by molar-refractivity contribution is 0.292. The number of thiocarbonyl (C=S) groups is 1. The van der Waals surface area contributed by atoms with Gasteiger partial charge in [-0.25, -0.2) is 4.98 Å². The number of nitrogens with zero attached hydrogens (tertiary/aromatic N) is 1. The van der Waals surface area contributed by atoms with Gasteiger partial charge in [0, 0.05) is 23.2 Å². The fraction of sp³-hybridized carbons (Fsp3) is 0.400. The maximum absolute atomic E-state index is 6.08. The molecule has 0 bridgehead atoms.